The Labute approximate surface area is 226 Å². The van der Waals surface area contributed by atoms with Gasteiger partial charge in [-0.1, -0.05) is 60.7 Å². The van der Waals surface area contributed by atoms with Gasteiger partial charge in [-0.15, -0.1) is 0 Å². The number of ether oxygens (including phenoxy) is 2. The second-order valence-corrected chi connectivity index (χ2v) is 9.14. The number of likely N-dealkylation sites (tertiary alicyclic amines) is 1. The summed E-state index contributed by atoms with van der Waals surface area (Å²) in [6, 6.07) is 25.5. The third-order valence-corrected chi connectivity index (χ3v) is 6.41. The van der Waals surface area contributed by atoms with Crippen LogP contribution in [0, 0.1) is 0 Å². The Morgan fingerprint density at radius 2 is 1.59 bits per heavy atom. The van der Waals surface area contributed by atoms with E-state index in [1.165, 1.54) is 4.90 Å². The summed E-state index contributed by atoms with van der Waals surface area (Å²) in [7, 11) is 0. The fourth-order valence-electron chi connectivity index (χ4n) is 4.34. The number of nitrogens with zero attached hydrogens (tertiary/aromatic N) is 2. The summed E-state index contributed by atoms with van der Waals surface area (Å²) in [5.74, 6) is 5.55. The molecule has 0 aromatic heterocycles. The molecule has 1 amide bonds. The number of aliphatic imine (C=N–C) groups is 1. The lowest BCUT2D eigenvalue weighted by Gasteiger charge is -2.28. The zero-order chi connectivity index (χ0) is 27.6. The molecular formula is C29H32N4O6. The van der Waals surface area contributed by atoms with Gasteiger partial charge >= 0.3 is 12.1 Å². The molecule has 1 aliphatic heterocycles. The first-order chi connectivity index (χ1) is 18.9. The van der Waals surface area contributed by atoms with Gasteiger partial charge in [0.25, 0.3) is 0 Å². The van der Waals surface area contributed by atoms with Crippen molar-refractivity contribution in [3.05, 3.63) is 102 Å². The largest absolute Gasteiger partial charge is 0.490 e. The van der Waals surface area contributed by atoms with E-state index in [4.69, 9.17) is 25.9 Å². The Morgan fingerprint density at radius 3 is 2.15 bits per heavy atom. The Hall–Kier alpha value is -4.41. The minimum Gasteiger partial charge on any atom is -0.490 e. The highest BCUT2D eigenvalue weighted by molar-refractivity contribution is 5.97. The molecule has 39 heavy (non-hydrogen) atoms. The van der Waals surface area contributed by atoms with Crippen LogP contribution < -0.4 is 16.4 Å². The van der Waals surface area contributed by atoms with Gasteiger partial charge in [0.2, 0.25) is 6.10 Å². The number of carbonyl (C=O) groups excluding carboxylic acids is 1. The number of hydrogen-bond donors (Lipinski definition) is 3. The Morgan fingerprint density at radius 1 is 0.974 bits per heavy atom. The van der Waals surface area contributed by atoms with E-state index in [9.17, 15) is 14.7 Å². The summed E-state index contributed by atoms with van der Waals surface area (Å²) in [6.07, 6.45) is -1.22. The number of esters is 1. The van der Waals surface area contributed by atoms with Crippen molar-refractivity contribution in [1.82, 2.24) is 4.90 Å². The fraction of sp³-hybridized carbons (Fsp3) is 0.276. The molecule has 0 bridgehead atoms. The van der Waals surface area contributed by atoms with Crippen LogP contribution in [0.5, 0.6) is 5.75 Å². The highest BCUT2D eigenvalue weighted by atomic mass is 16.7. The molecule has 0 radical (unpaired) electrons. The number of carboxylic acid groups (broad SMARTS) is 1. The van der Waals surface area contributed by atoms with Crippen molar-refractivity contribution in [3.8, 4) is 5.75 Å². The Bertz CT molecular complexity index is 1210. The molecule has 1 saturated heterocycles. The summed E-state index contributed by atoms with van der Waals surface area (Å²) >= 11 is 0. The maximum absolute atomic E-state index is 13.0. The number of hydrogen-bond acceptors (Lipinski definition) is 7. The Kier molecular flexibility index (Phi) is 9.49. The smallest absolute Gasteiger partial charge is 0.407 e. The number of benzene rings is 3. The van der Waals surface area contributed by atoms with Gasteiger partial charge in [0.15, 0.2) is 6.10 Å². The van der Waals surface area contributed by atoms with Gasteiger partial charge in [0, 0.05) is 18.7 Å². The Balaban J connectivity index is 1.36. The van der Waals surface area contributed by atoms with Crippen molar-refractivity contribution in [1.29, 1.82) is 0 Å². The van der Waals surface area contributed by atoms with E-state index in [-0.39, 0.29) is 12.6 Å². The van der Waals surface area contributed by atoms with Crippen LogP contribution in [0.3, 0.4) is 0 Å². The molecule has 3 aromatic rings. The highest BCUT2D eigenvalue weighted by Gasteiger charge is 2.27. The van der Waals surface area contributed by atoms with Crippen molar-refractivity contribution < 1.29 is 29.0 Å². The SMILES string of the molecule is NOC(COc1ccc(C(N)=NC2CCCN(C(=O)O)C2)cc1)C(=O)OC(c1ccccc1)c1ccccc1. The van der Waals surface area contributed by atoms with E-state index in [0.29, 0.717) is 30.2 Å². The second-order valence-electron chi connectivity index (χ2n) is 9.14. The van der Waals surface area contributed by atoms with E-state index < -0.39 is 24.3 Å². The quantitative estimate of drug-likeness (QED) is 0.155. The van der Waals surface area contributed by atoms with E-state index in [0.717, 1.165) is 24.0 Å². The number of carbonyl (C=O) groups is 2. The topological polar surface area (TPSA) is 150 Å². The van der Waals surface area contributed by atoms with Gasteiger partial charge in [-0.2, -0.15) is 0 Å². The van der Waals surface area contributed by atoms with Crippen molar-refractivity contribution in [3.63, 3.8) is 0 Å². The van der Waals surface area contributed by atoms with Crippen LogP contribution in [0.15, 0.2) is 89.9 Å². The molecule has 2 unspecified atom stereocenters. The van der Waals surface area contributed by atoms with Crippen molar-refractivity contribution in [2.75, 3.05) is 19.7 Å². The molecule has 1 fully saturated rings. The van der Waals surface area contributed by atoms with E-state index >= 15 is 0 Å². The monoisotopic (exact) mass is 532 g/mol. The zero-order valence-electron chi connectivity index (χ0n) is 21.4. The van der Waals surface area contributed by atoms with Gasteiger partial charge in [0.1, 0.15) is 18.2 Å². The van der Waals surface area contributed by atoms with Crippen LogP contribution in [-0.4, -0.2) is 59.7 Å². The predicted octanol–water partition coefficient (Wildman–Crippen LogP) is 3.50. The van der Waals surface area contributed by atoms with Crippen molar-refractivity contribution in [2.24, 2.45) is 16.6 Å². The standard InChI is InChI=1S/C29H32N4O6/c30-27(32-23-12-7-17-33(18-23)29(35)36)22-13-15-24(16-14-22)37-19-25(39-31)28(34)38-26(20-8-3-1-4-9-20)21-10-5-2-6-11-21/h1-6,8-11,13-16,23,25-26H,7,12,17-19,31H2,(H2,30,32)(H,35,36). The van der Waals surface area contributed by atoms with Gasteiger partial charge in [-0.3, -0.25) is 9.83 Å². The minimum atomic E-state index is -1.16. The van der Waals surface area contributed by atoms with Crippen LogP contribution in [0.2, 0.25) is 0 Å². The third kappa shape index (κ3) is 7.56. The second kappa shape index (κ2) is 13.4. The third-order valence-electron chi connectivity index (χ3n) is 6.41. The lowest BCUT2D eigenvalue weighted by molar-refractivity contribution is -0.163. The molecule has 10 heteroatoms. The average molecular weight is 533 g/mol. The highest BCUT2D eigenvalue weighted by Crippen LogP contribution is 2.26. The maximum atomic E-state index is 13.0. The van der Waals surface area contributed by atoms with Gasteiger partial charge in [0.05, 0.1) is 6.04 Å². The van der Waals surface area contributed by atoms with E-state index in [1.54, 1.807) is 24.3 Å². The summed E-state index contributed by atoms with van der Waals surface area (Å²) in [5, 5.41) is 9.21. The number of nitrogens with two attached hydrogens (primary N) is 2. The molecule has 4 rings (SSSR count). The summed E-state index contributed by atoms with van der Waals surface area (Å²) in [5.41, 5.74) is 8.47. The molecule has 0 aliphatic carbocycles. The van der Waals surface area contributed by atoms with Gasteiger partial charge < -0.3 is 25.2 Å². The van der Waals surface area contributed by atoms with Gasteiger partial charge in [-0.25, -0.2) is 15.5 Å². The molecular weight excluding hydrogens is 500 g/mol. The van der Waals surface area contributed by atoms with E-state index in [2.05, 4.69) is 4.99 Å². The molecule has 10 nitrogen and oxygen atoms in total. The first kappa shape index (κ1) is 27.6. The summed E-state index contributed by atoms with van der Waals surface area (Å²) < 4.78 is 11.6. The van der Waals surface area contributed by atoms with Crippen LogP contribution in [-0.2, 0) is 14.4 Å². The van der Waals surface area contributed by atoms with Crippen LogP contribution >= 0.6 is 0 Å². The molecule has 3 aromatic carbocycles. The summed E-state index contributed by atoms with van der Waals surface area (Å²) in [4.78, 5) is 35.0. The lowest BCUT2D eigenvalue weighted by atomic mass is 10.0. The number of amides is 1. The van der Waals surface area contributed by atoms with Crippen molar-refractivity contribution >= 4 is 17.9 Å². The van der Waals surface area contributed by atoms with Crippen LogP contribution in [0.1, 0.15) is 35.6 Å². The average Bonchev–Trinajstić information content (AvgIpc) is 2.97. The number of amidine groups is 1. The lowest BCUT2D eigenvalue weighted by Crippen LogP contribution is -2.41. The normalized spacial score (nSPS) is 16.5. The fourth-order valence-corrected chi connectivity index (χ4v) is 4.34. The van der Waals surface area contributed by atoms with Gasteiger partial charge in [-0.05, 0) is 48.2 Å². The van der Waals surface area contributed by atoms with Crippen LogP contribution in [0.4, 0.5) is 4.79 Å². The van der Waals surface area contributed by atoms with Crippen molar-refractivity contribution in [2.45, 2.75) is 31.1 Å². The predicted molar refractivity (Wildman–Crippen MR) is 145 cm³/mol. The number of rotatable bonds is 10. The maximum Gasteiger partial charge on any atom is 0.407 e. The number of piperidine rings is 1. The van der Waals surface area contributed by atoms with Crippen LogP contribution in [0.25, 0.3) is 0 Å². The summed E-state index contributed by atoms with van der Waals surface area (Å²) in [6.45, 7) is 0.665. The zero-order valence-corrected chi connectivity index (χ0v) is 21.4. The molecule has 0 spiro atoms. The molecule has 2 atom stereocenters. The molecule has 1 heterocycles. The van der Waals surface area contributed by atoms with E-state index in [1.807, 2.05) is 60.7 Å². The minimum absolute atomic E-state index is 0.165. The molecule has 0 saturated carbocycles. The molecule has 204 valence electrons. The first-order valence-electron chi connectivity index (χ1n) is 12.6. The molecule has 5 N–H and O–H groups in total. The first-order valence-corrected chi connectivity index (χ1v) is 12.6. The molecule has 1 aliphatic rings.